The smallest absolute Gasteiger partial charge is 0.0449 e. The zero-order chi connectivity index (χ0) is 13.0. The molecule has 1 heterocycles. The van der Waals surface area contributed by atoms with Crippen LogP contribution in [0.25, 0.3) is 0 Å². The Bertz CT molecular complexity index is 389. The highest BCUT2D eigenvalue weighted by Crippen LogP contribution is 2.22. The second kappa shape index (κ2) is 6.90. The molecule has 0 unspecified atom stereocenters. The van der Waals surface area contributed by atoms with Gasteiger partial charge in [0.25, 0.3) is 0 Å². The van der Waals surface area contributed by atoms with Crippen LogP contribution in [0.2, 0.25) is 5.02 Å². The lowest BCUT2D eigenvalue weighted by atomic mass is 10.1. The van der Waals surface area contributed by atoms with Crippen LogP contribution in [0.5, 0.6) is 0 Å². The standard InChI is InChI=1S/C14H20BrClN2/c1-17-7-9-18(10-8-17)6-2-3-12-4-5-13(15)11-14(12)16/h4-5,11H,2-3,6-10H2,1H3. The van der Waals surface area contributed by atoms with Gasteiger partial charge in [-0.1, -0.05) is 33.6 Å². The quantitative estimate of drug-likeness (QED) is 0.835. The van der Waals surface area contributed by atoms with Gasteiger partial charge < -0.3 is 9.80 Å². The molecule has 18 heavy (non-hydrogen) atoms. The van der Waals surface area contributed by atoms with Crippen LogP contribution in [0.1, 0.15) is 12.0 Å². The van der Waals surface area contributed by atoms with Crippen molar-refractivity contribution in [2.24, 2.45) is 0 Å². The highest BCUT2D eigenvalue weighted by atomic mass is 79.9. The molecule has 0 bridgehead atoms. The Hall–Kier alpha value is -0.0900. The second-order valence-electron chi connectivity index (χ2n) is 4.98. The Kier molecular flexibility index (Phi) is 5.49. The minimum Gasteiger partial charge on any atom is -0.304 e. The molecule has 0 aliphatic carbocycles. The van der Waals surface area contributed by atoms with Crippen molar-refractivity contribution >= 4 is 27.5 Å². The van der Waals surface area contributed by atoms with E-state index in [1.54, 1.807) is 0 Å². The van der Waals surface area contributed by atoms with Crippen molar-refractivity contribution < 1.29 is 0 Å². The van der Waals surface area contributed by atoms with Crippen LogP contribution in [-0.4, -0.2) is 49.6 Å². The summed E-state index contributed by atoms with van der Waals surface area (Å²) in [6.45, 7) is 5.97. The van der Waals surface area contributed by atoms with Crippen molar-refractivity contribution in [2.75, 3.05) is 39.8 Å². The largest absolute Gasteiger partial charge is 0.304 e. The predicted octanol–water partition coefficient (Wildman–Crippen LogP) is 3.28. The molecule has 2 nitrogen and oxygen atoms in total. The van der Waals surface area contributed by atoms with Gasteiger partial charge in [0.2, 0.25) is 0 Å². The number of nitrogens with zero attached hydrogens (tertiary/aromatic N) is 2. The first-order chi connectivity index (χ1) is 8.65. The van der Waals surface area contributed by atoms with E-state index in [1.165, 1.54) is 44.7 Å². The molecular formula is C14H20BrClN2. The van der Waals surface area contributed by atoms with Gasteiger partial charge in [0, 0.05) is 35.7 Å². The van der Waals surface area contributed by atoms with Crippen LogP contribution >= 0.6 is 27.5 Å². The van der Waals surface area contributed by atoms with Gasteiger partial charge in [-0.25, -0.2) is 0 Å². The molecule has 4 heteroatoms. The number of piperazine rings is 1. The Balaban J connectivity index is 1.75. The number of aryl methyl sites for hydroxylation is 1. The average Bonchev–Trinajstić information content (AvgIpc) is 2.34. The topological polar surface area (TPSA) is 6.48 Å². The van der Waals surface area contributed by atoms with Gasteiger partial charge in [-0.2, -0.15) is 0 Å². The number of benzene rings is 1. The fourth-order valence-corrected chi connectivity index (χ4v) is 3.06. The van der Waals surface area contributed by atoms with Crippen LogP contribution in [-0.2, 0) is 6.42 Å². The molecule has 0 aromatic heterocycles. The summed E-state index contributed by atoms with van der Waals surface area (Å²) in [5.74, 6) is 0. The molecule has 0 amide bonds. The summed E-state index contributed by atoms with van der Waals surface area (Å²) in [5, 5.41) is 0.878. The van der Waals surface area contributed by atoms with E-state index in [4.69, 9.17) is 11.6 Å². The summed E-state index contributed by atoms with van der Waals surface area (Å²) >= 11 is 9.66. The van der Waals surface area contributed by atoms with E-state index >= 15 is 0 Å². The van der Waals surface area contributed by atoms with Crippen LogP contribution in [0.3, 0.4) is 0 Å². The minimum atomic E-state index is 0.878. The third-order valence-corrected chi connectivity index (χ3v) is 4.38. The SMILES string of the molecule is CN1CCN(CCCc2ccc(Br)cc2Cl)CC1. The first-order valence-electron chi connectivity index (χ1n) is 6.50. The molecular weight excluding hydrogens is 312 g/mol. The van der Waals surface area contributed by atoms with E-state index in [1.807, 2.05) is 6.07 Å². The van der Waals surface area contributed by atoms with E-state index in [9.17, 15) is 0 Å². The second-order valence-corrected chi connectivity index (χ2v) is 6.31. The molecule has 1 aliphatic heterocycles. The third kappa shape index (κ3) is 4.23. The van der Waals surface area contributed by atoms with Crippen molar-refractivity contribution in [3.8, 4) is 0 Å². The first-order valence-corrected chi connectivity index (χ1v) is 7.67. The molecule has 0 N–H and O–H groups in total. The van der Waals surface area contributed by atoms with Crippen molar-refractivity contribution in [2.45, 2.75) is 12.8 Å². The van der Waals surface area contributed by atoms with E-state index in [0.717, 1.165) is 15.9 Å². The van der Waals surface area contributed by atoms with E-state index in [0.29, 0.717) is 0 Å². The molecule has 1 saturated heterocycles. The zero-order valence-corrected chi connectivity index (χ0v) is 13.2. The Morgan fingerprint density at radius 2 is 1.94 bits per heavy atom. The summed E-state index contributed by atoms with van der Waals surface area (Å²) in [6.07, 6.45) is 2.25. The number of halogens is 2. The van der Waals surface area contributed by atoms with Gasteiger partial charge in [0.1, 0.15) is 0 Å². The van der Waals surface area contributed by atoms with Crippen molar-refractivity contribution in [1.29, 1.82) is 0 Å². The Morgan fingerprint density at radius 1 is 1.22 bits per heavy atom. The lowest BCUT2D eigenvalue weighted by Gasteiger charge is -2.32. The number of hydrogen-bond donors (Lipinski definition) is 0. The van der Waals surface area contributed by atoms with Crippen LogP contribution in [0.15, 0.2) is 22.7 Å². The molecule has 0 spiro atoms. The van der Waals surface area contributed by atoms with Crippen LogP contribution in [0.4, 0.5) is 0 Å². The van der Waals surface area contributed by atoms with E-state index in [-0.39, 0.29) is 0 Å². The summed E-state index contributed by atoms with van der Waals surface area (Å²) in [4.78, 5) is 4.94. The number of hydrogen-bond acceptors (Lipinski definition) is 2. The summed E-state index contributed by atoms with van der Waals surface area (Å²) in [5.41, 5.74) is 1.26. The summed E-state index contributed by atoms with van der Waals surface area (Å²) < 4.78 is 1.05. The fourth-order valence-electron chi connectivity index (χ4n) is 2.29. The maximum atomic E-state index is 6.22. The first kappa shape index (κ1) is 14.3. The van der Waals surface area contributed by atoms with Crippen molar-refractivity contribution in [1.82, 2.24) is 9.80 Å². The maximum absolute atomic E-state index is 6.22. The van der Waals surface area contributed by atoms with Gasteiger partial charge in [-0.3, -0.25) is 0 Å². The number of likely N-dealkylation sites (N-methyl/N-ethyl adjacent to an activating group) is 1. The number of rotatable bonds is 4. The Morgan fingerprint density at radius 3 is 2.61 bits per heavy atom. The molecule has 2 rings (SSSR count). The molecule has 1 aliphatic rings. The highest BCUT2D eigenvalue weighted by Gasteiger charge is 2.13. The molecule has 100 valence electrons. The molecule has 0 radical (unpaired) electrons. The maximum Gasteiger partial charge on any atom is 0.0449 e. The predicted molar refractivity (Wildman–Crippen MR) is 81.4 cm³/mol. The summed E-state index contributed by atoms with van der Waals surface area (Å²) in [6, 6.07) is 6.17. The lowest BCUT2D eigenvalue weighted by molar-refractivity contribution is 0.153. The monoisotopic (exact) mass is 330 g/mol. The molecule has 0 saturated carbocycles. The fraction of sp³-hybridized carbons (Fsp3) is 0.571. The zero-order valence-electron chi connectivity index (χ0n) is 10.8. The Labute approximate surface area is 123 Å². The van der Waals surface area contributed by atoms with Gasteiger partial charge in [-0.05, 0) is 44.1 Å². The summed E-state index contributed by atoms with van der Waals surface area (Å²) in [7, 11) is 2.19. The molecule has 0 atom stereocenters. The highest BCUT2D eigenvalue weighted by molar-refractivity contribution is 9.10. The van der Waals surface area contributed by atoms with Gasteiger partial charge in [0.05, 0.1) is 0 Å². The van der Waals surface area contributed by atoms with Gasteiger partial charge in [0.15, 0.2) is 0 Å². The average molecular weight is 332 g/mol. The molecule has 1 fully saturated rings. The van der Waals surface area contributed by atoms with Crippen LogP contribution < -0.4 is 0 Å². The molecule has 1 aromatic rings. The lowest BCUT2D eigenvalue weighted by Crippen LogP contribution is -2.44. The van der Waals surface area contributed by atoms with E-state index in [2.05, 4.69) is 44.9 Å². The normalized spacial score (nSPS) is 18.2. The third-order valence-electron chi connectivity index (χ3n) is 3.53. The van der Waals surface area contributed by atoms with Crippen molar-refractivity contribution in [3.05, 3.63) is 33.3 Å². The van der Waals surface area contributed by atoms with E-state index < -0.39 is 0 Å². The van der Waals surface area contributed by atoms with Gasteiger partial charge in [-0.15, -0.1) is 0 Å². The van der Waals surface area contributed by atoms with Gasteiger partial charge >= 0.3 is 0 Å². The minimum absolute atomic E-state index is 0.878. The van der Waals surface area contributed by atoms with Crippen molar-refractivity contribution in [3.63, 3.8) is 0 Å². The van der Waals surface area contributed by atoms with Crippen LogP contribution in [0, 0.1) is 0 Å². The molecule has 1 aromatic carbocycles.